The Bertz CT molecular complexity index is 346. The van der Waals surface area contributed by atoms with Gasteiger partial charge in [-0.2, -0.15) is 0 Å². The van der Waals surface area contributed by atoms with Crippen molar-refractivity contribution in [1.82, 2.24) is 4.90 Å². The minimum Gasteiger partial charge on any atom is -0.444 e. The summed E-state index contributed by atoms with van der Waals surface area (Å²) in [6, 6.07) is -0.0635. The number of hydrogen-bond acceptors (Lipinski definition) is 4. The van der Waals surface area contributed by atoms with Gasteiger partial charge in [-0.25, -0.2) is 4.79 Å². The summed E-state index contributed by atoms with van der Waals surface area (Å²) in [5.74, 6) is 0. The predicted molar refractivity (Wildman–Crippen MR) is 77.6 cm³/mol. The van der Waals surface area contributed by atoms with Crippen molar-refractivity contribution in [2.24, 2.45) is 5.73 Å². The molecule has 1 saturated carbocycles. The molecular formula is C15H28N2O3. The second-order valence-corrected chi connectivity index (χ2v) is 7.06. The fraction of sp³-hybridized carbons (Fsp3) is 0.933. The SMILES string of the molecule is CC(C)(C)OC(=O)N1CCOCC1C1(N)CCCCC1. The molecule has 0 aromatic heterocycles. The quantitative estimate of drug-likeness (QED) is 0.802. The third kappa shape index (κ3) is 3.64. The van der Waals surface area contributed by atoms with Crippen molar-refractivity contribution in [2.75, 3.05) is 19.8 Å². The monoisotopic (exact) mass is 284 g/mol. The zero-order chi connectivity index (χ0) is 14.8. The Morgan fingerprint density at radius 2 is 1.95 bits per heavy atom. The molecule has 0 aromatic rings. The van der Waals surface area contributed by atoms with Gasteiger partial charge in [0.05, 0.1) is 19.3 Å². The van der Waals surface area contributed by atoms with E-state index < -0.39 is 5.60 Å². The fourth-order valence-electron chi connectivity index (χ4n) is 3.16. The maximum atomic E-state index is 12.4. The van der Waals surface area contributed by atoms with Gasteiger partial charge in [0.2, 0.25) is 0 Å². The molecule has 2 aliphatic rings. The van der Waals surface area contributed by atoms with Gasteiger partial charge in [-0.3, -0.25) is 4.90 Å². The van der Waals surface area contributed by atoms with E-state index in [2.05, 4.69) is 0 Å². The number of ether oxygens (including phenoxy) is 2. The highest BCUT2D eigenvalue weighted by molar-refractivity contribution is 5.69. The van der Waals surface area contributed by atoms with Gasteiger partial charge in [0.1, 0.15) is 5.60 Å². The molecular weight excluding hydrogens is 256 g/mol. The first-order valence-electron chi connectivity index (χ1n) is 7.68. The van der Waals surface area contributed by atoms with Gasteiger partial charge >= 0.3 is 6.09 Å². The first-order chi connectivity index (χ1) is 9.32. The standard InChI is InChI=1S/C15H28N2O3/c1-14(2,3)20-13(18)17-9-10-19-11-12(17)15(16)7-5-4-6-8-15/h12H,4-11,16H2,1-3H3. The highest BCUT2D eigenvalue weighted by Crippen LogP contribution is 2.33. The number of rotatable bonds is 1. The van der Waals surface area contributed by atoms with E-state index in [0.717, 1.165) is 25.7 Å². The van der Waals surface area contributed by atoms with Crippen LogP contribution >= 0.6 is 0 Å². The Labute approximate surface area is 121 Å². The van der Waals surface area contributed by atoms with Gasteiger partial charge in [-0.15, -0.1) is 0 Å². The summed E-state index contributed by atoms with van der Waals surface area (Å²) >= 11 is 0. The molecule has 1 amide bonds. The summed E-state index contributed by atoms with van der Waals surface area (Å²) in [6.45, 7) is 7.32. The summed E-state index contributed by atoms with van der Waals surface area (Å²) in [4.78, 5) is 14.2. The van der Waals surface area contributed by atoms with E-state index in [1.807, 2.05) is 20.8 Å². The second-order valence-electron chi connectivity index (χ2n) is 7.06. The average Bonchev–Trinajstić information content (AvgIpc) is 2.38. The average molecular weight is 284 g/mol. The summed E-state index contributed by atoms with van der Waals surface area (Å²) < 4.78 is 11.1. The molecule has 20 heavy (non-hydrogen) atoms. The molecule has 0 aromatic carbocycles. The number of nitrogens with zero attached hydrogens (tertiary/aromatic N) is 1. The topological polar surface area (TPSA) is 64.8 Å². The molecule has 116 valence electrons. The van der Waals surface area contributed by atoms with Gasteiger partial charge < -0.3 is 15.2 Å². The number of nitrogens with two attached hydrogens (primary N) is 1. The van der Waals surface area contributed by atoms with Gasteiger partial charge in [0.15, 0.2) is 0 Å². The van der Waals surface area contributed by atoms with Crippen LogP contribution in [-0.4, -0.2) is 47.9 Å². The molecule has 5 nitrogen and oxygen atoms in total. The van der Waals surface area contributed by atoms with Crippen LogP contribution in [0.3, 0.4) is 0 Å². The van der Waals surface area contributed by atoms with Gasteiger partial charge in [-0.05, 0) is 33.6 Å². The molecule has 5 heteroatoms. The Hall–Kier alpha value is -0.810. The molecule has 0 radical (unpaired) electrons. The van der Waals surface area contributed by atoms with Gasteiger partial charge in [0.25, 0.3) is 0 Å². The Morgan fingerprint density at radius 1 is 1.30 bits per heavy atom. The summed E-state index contributed by atoms with van der Waals surface area (Å²) in [6.07, 6.45) is 5.16. The van der Waals surface area contributed by atoms with Crippen LogP contribution in [0.5, 0.6) is 0 Å². The van der Waals surface area contributed by atoms with E-state index in [9.17, 15) is 4.79 Å². The normalized spacial score (nSPS) is 27.2. The van der Waals surface area contributed by atoms with E-state index in [1.54, 1.807) is 4.90 Å². The summed E-state index contributed by atoms with van der Waals surface area (Å²) in [7, 11) is 0. The van der Waals surface area contributed by atoms with Crippen molar-refractivity contribution in [3.63, 3.8) is 0 Å². The number of hydrogen-bond donors (Lipinski definition) is 1. The third-order valence-electron chi connectivity index (χ3n) is 4.20. The Morgan fingerprint density at radius 3 is 2.55 bits per heavy atom. The van der Waals surface area contributed by atoms with Crippen LogP contribution in [0, 0.1) is 0 Å². The number of amides is 1. The van der Waals surface area contributed by atoms with Crippen LogP contribution in [0.1, 0.15) is 52.9 Å². The minimum absolute atomic E-state index is 0.0635. The lowest BCUT2D eigenvalue weighted by Crippen LogP contribution is -2.65. The third-order valence-corrected chi connectivity index (χ3v) is 4.20. The van der Waals surface area contributed by atoms with Crippen molar-refractivity contribution in [3.05, 3.63) is 0 Å². The smallest absolute Gasteiger partial charge is 0.410 e. The molecule has 1 aliphatic carbocycles. The highest BCUT2D eigenvalue weighted by atomic mass is 16.6. The Kier molecular flexibility index (Phi) is 4.59. The number of carbonyl (C=O) groups is 1. The van der Waals surface area contributed by atoms with Crippen molar-refractivity contribution in [3.8, 4) is 0 Å². The van der Waals surface area contributed by atoms with E-state index >= 15 is 0 Å². The lowest BCUT2D eigenvalue weighted by atomic mass is 9.76. The van der Waals surface area contributed by atoms with Crippen LogP contribution in [0.4, 0.5) is 4.79 Å². The molecule has 2 rings (SSSR count). The Balaban J connectivity index is 2.10. The van der Waals surface area contributed by atoms with Crippen LogP contribution in [0.25, 0.3) is 0 Å². The van der Waals surface area contributed by atoms with E-state index in [1.165, 1.54) is 6.42 Å². The van der Waals surface area contributed by atoms with Crippen LogP contribution in [-0.2, 0) is 9.47 Å². The zero-order valence-electron chi connectivity index (χ0n) is 13.0. The van der Waals surface area contributed by atoms with E-state index in [4.69, 9.17) is 15.2 Å². The first kappa shape index (κ1) is 15.6. The maximum Gasteiger partial charge on any atom is 0.410 e. The van der Waals surface area contributed by atoms with Crippen LogP contribution < -0.4 is 5.73 Å². The molecule has 1 heterocycles. The molecule has 1 atom stereocenters. The predicted octanol–water partition coefficient (Wildman–Crippen LogP) is 2.28. The van der Waals surface area contributed by atoms with E-state index in [0.29, 0.717) is 19.8 Å². The number of carbonyl (C=O) groups excluding carboxylic acids is 1. The minimum atomic E-state index is -0.478. The zero-order valence-corrected chi connectivity index (χ0v) is 13.0. The van der Waals surface area contributed by atoms with Crippen LogP contribution in [0.15, 0.2) is 0 Å². The van der Waals surface area contributed by atoms with Gasteiger partial charge in [0, 0.05) is 12.1 Å². The molecule has 1 unspecified atom stereocenters. The lowest BCUT2D eigenvalue weighted by molar-refractivity contribution is -0.0570. The first-order valence-corrected chi connectivity index (χ1v) is 7.68. The van der Waals surface area contributed by atoms with Crippen molar-refractivity contribution < 1.29 is 14.3 Å². The lowest BCUT2D eigenvalue weighted by Gasteiger charge is -2.47. The number of morpholine rings is 1. The van der Waals surface area contributed by atoms with Crippen molar-refractivity contribution in [2.45, 2.75) is 70.1 Å². The summed E-state index contributed by atoms with van der Waals surface area (Å²) in [5.41, 5.74) is 5.79. The summed E-state index contributed by atoms with van der Waals surface area (Å²) in [5, 5.41) is 0. The van der Waals surface area contributed by atoms with Crippen molar-refractivity contribution >= 4 is 6.09 Å². The maximum absolute atomic E-state index is 12.4. The highest BCUT2D eigenvalue weighted by Gasteiger charge is 2.44. The van der Waals surface area contributed by atoms with E-state index in [-0.39, 0.29) is 17.7 Å². The van der Waals surface area contributed by atoms with Crippen molar-refractivity contribution in [1.29, 1.82) is 0 Å². The molecule has 0 bridgehead atoms. The molecule has 1 saturated heterocycles. The largest absolute Gasteiger partial charge is 0.444 e. The molecule has 1 aliphatic heterocycles. The molecule has 2 N–H and O–H groups in total. The molecule has 2 fully saturated rings. The molecule has 0 spiro atoms. The van der Waals surface area contributed by atoms with Gasteiger partial charge in [-0.1, -0.05) is 19.3 Å². The van der Waals surface area contributed by atoms with Crippen LogP contribution in [0.2, 0.25) is 0 Å². The second kappa shape index (κ2) is 5.90. The fourth-order valence-corrected chi connectivity index (χ4v) is 3.16.